The molecular formula is C17H25N3O2. The van der Waals surface area contributed by atoms with Crippen molar-refractivity contribution in [3.8, 4) is 0 Å². The zero-order chi connectivity index (χ0) is 16.4. The van der Waals surface area contributed by atoms with Crippen molar-refractivity contribution in [3.05, 3.63) is 23.3 Å². The molecule has 0 bridgehead atoms. The molecule has 0 radical (unpaired) electrons. The molecule has 1 aliphatic heterocycles. The molecule has 1 atom stereocenters. The Labute approximate surface area is 132 Å². The van der Waals surface area contributed by atoms with Crippen molar-refractivity contribution in [2.75, 3.05) is 29.9 Å². The van der Waals surface area contributed by atoms with E-state index < -0.39 is 0 Å². The third kappa shape index (κ3) is 2.93. The van der Waals surface area contributed by atoms with Crippen LogP contribution in [0, 0.1) is 13.8 Å². The quantitative estimate of drug-likeness (QED) is 0.928. The Bertz CT molecular complexity index is 594. The number of amides is 2. The van der Waals surface area contributed by atoms with E-state index in [1.54, 1.807) is 9.80 Å². The SMILES string of the molecule is CCN(CC)C(=O)CN1C(=O)C(C)Nc2cc(C)c(C)cc21. The van der Waals surface area contributed by atoms with Crippen LogP contribution in [0.5, 0.6) is 0 Å². The molecule has 0 aliphatic carbocycles. The van der Waals surface area contributed by atoms with Crippen LogP contribution in [0.4, 0.5) is 11.4 Å². The van der Waals surface area contributed by atoms with Gasteiger partial charge in [-0.1, -0.05) is 0 Å². The van der Waals surface area contributed by atoms with Crippen LogP contribution in [0.2, 0.25) is 0 Å². The molecule has 1 unspecified atom stereocenters. The Balaban J connectivity index is 2.36. The van der Waals surface area contributed by atoms with Gasteiger partial charge in [-0.2, -0.15) is 0 Å². The van der Waals surface area contributed by atoms with E-state index in [1.165, 1.54) is 5.56 Å². The van der Waals surface area contributed by atoms with Crippen LogP contribution in [0.1, 0.15) is 31.9 Å². The smallest absolute Gasteiger partial charge is 0.249 e. The first kappa shape index (κ1) is 16.3. The minimum atomic E-state index is -0.320. The van der Waals surface area contributed by atoms with Gasteiger partial charge < -0.3 is 10.2 Å². The summed E-state index contributed by atoms with van der Waals surface area (Å²) in [6.07, 6.45) is 0. The highest BCUT2D eigenvalue weighted by Gasteiger charge is 2.32. The maximum Gasteiger partial charge on any atom is 0.249 e. The summed E-state index contributed by atoms with van der Waals surface area (Å²) in [7, 11) is 0. The average molecular weight is 303 g/mol. The van der Waals surface area contributed by atoms with E-state index >= 15 is 0 Å². The molecule has 120 valence electrons. The summed E-state index contributed by atoms with van der Waals surface area (Å²) in [5.74, 6) is -0.0760. The Kier molecular flexibility index (Phi) is 4.74. The Morgan fingerprint density at radius 2 is 1.82 bits per heavy atom. The average Bonchev–Trinajstić information content (AvgIpc) is 2.47. The summed E-state index contributed by atoms with van der Waals surface area (Å²) < 4.78 is 0. The molecule has 1 heterocycles. The zero-order valence-electron chi connectivity index (χ0n) is 14.1. The number of benzene rings is 1. The Morgan fingerprint density at radius 1 is 1.23 bits per heavy atom. The fourth-order valence-corrected chi connectivity index (χ4v) is 2.76. The molecule has 1 aromatic carbocycles. The van der Waals surface area contributed by atoms with Crippen LogP contribution in [0.3, 0.4) is 0 Å². The number of carbonyl (C=O) groups excluding carboxylic acids is 2. The van der Waals surface area contributed by atoms with E-state index in [9.17, 15) is 9.59 Å². The summed E-state index contributed by atoms with van der Waals surface area (Å²) >= 11 is 0. The summed E-state index contributed by atoms with van der Waals surface area (Å²) in [6.45, 7) is 11.2. The summed E-state index contributed by atoms with van der Waals surface area (Å²) in [6, 6.07) is 3.71. The van der Waals surface area contributed by atoms with Crippen molar-refractivity contribution >= 4 is 23.2 Å². The number of nitrogens with zero attached hydrogens (tertiary/aromatic N) is 2. The number of hydrogen-bond acceptors (Lipinski definition) is 3. The van der Waals surface area contributed by atoms with Crippen LogP contribution < -0.4 is 10.2 Å². The van der Waals surface area contributed by atoms with Crippen LogP contribution in [-0.2, 0) is 9.59 Å². The maximum atomic E-state index is 12.5. The molecule has 2 amide bonds. The van der Waals surface area contributed by atoms with E-state index in [1.807, 2.05) is 46.8 Å². The van der Waals surface area contributed by atoms with Gasteiger partial charge in [0.2, 0.25) is 11.8 Å². The van der Waals surface area contributed by atoms with Gasteiger partial charge in [-0.3, -0.25) is 14.5 Å². The van der Waals surface area contributed by atoms with E-state index in [2.05, 4.69) is 5.32 Å². The molecule has 5 heteroatoms. The van der Waals surface area contributed by atoms with Gasteiger partial charge >= 0.3 is 0 Å². The highest BCUT2D eigenvalue weighted by Crippen LogP contribution is 2.34. The first-order chi connectivity index (χ1) is 10.4. The third-order valence-corrected chi connectivity index (χ3v) is 4.32. The van der Waals surface area contributed by atoms with Crippen molar-refractivity contribution < 1.29 is 9.59 Å². The number of fused-ring (bicyclic) bond motifs is 1. The molecule has 0 fully saturated rings. The lowest BCUT2D eigenvalue weighted by Gasteiger charge is -2.35. The topological polar surface area (TPSA) is 52.7 Å². The predicted molar refractivity (Wildman–Crippen MR) is 89.3 cm³/mol. The number of hydrogen-bond donors (Lipinski definition) is 1. The van der Waals surface area contributed by atoms with Crippen molar-refractivity contribution in [2.45, 2.75) is 40.7 Å². The molecule has 1 aromatic rings. The standard InChI is InChI=1S/C17H25N3O2/c1-6-19(7-2)16(21)10-20-15-9-12(4)11(3)8-14(15)18-13(5)17(20)22/h8-9,13,18H,6-7,10H2,1-5H3. The molecule has 22 heavy (non-hydrogen) atoms. The minimum absolute atomic E-state index is 0.0170. The van der Waals surface area contributed by atoms with Crippen molar-refractivity contribution in [2.24, 2.45) is 0 Å². The Hall–Kier alpha value is -2.04. The second-order valence-corrected chi connectivity index (χ2v) is 5.81. The molecule has 2 rings (SSSR count). The first-order valence-electron chi connectivity index (χ1n) is 7.85. The van der Waals surface area contributed by atoms with E-state index in [0.717, 1.165) is 16.9 Å². The van der Waals surface area contributed by atoms with Gasteiger partial charge in [-0.15, -0.1) is 0 Å². The zero-order valence-corrected chi connectivity index (χ0v) is 14.1. The lowest BCUT2D eigenvalue weighted by molar-refractivity contribution is -0.131. The van der Waals surface area contributed by atoms with Gasteiger partial charge in [0.1, 0.15) is 12.6 Å². The van der Waals surface area contributed by atoms with E-state index in [0.29, 0.717) is 13.1 Å². The summed E-state index contributed by atoms with van der Waals surface area (Å²) in [4.78, 5) is 28.3. The number of rotatable bonds is 4. The van der Waals surface area contributed by atoms with Gasteiger partial charge in [0.15, 0.2) is 0 Å². The second-order valence-electron chi connectivity index (χ2n) is 5.81. The summed E-state index contributed by atoms with van der Waals surface area (Å²) in [5, 5.41) is 3.22. The molecule has 5 nitrogen and oxygen atoms in total. The fraction of sp³-hybridized carbons (Fsp3) is 0.529. The number of anilines is 2. The van der Waals surface area contributed by atoms with Gasteiger partial charge in [0, 0.05) is 13.1 Å². The molecule has 0 aromatic heterocycles. The largest absolute Gasteiger partial charge is 0.372 e. The molecule has 0 spiro atoms. The van der Waals surface area contributed by atoms with Crippen molar-refractivity contribution in [3.63, 3.8) is 0 Å². The monoisotopic (exact) mass is 303 g/mol. The Morgan fingerprint density at radius 3 is 2.41 bits per heavy atom. The molecule has 0 saturated heterocycles. The van der Waals surface area contributed by atoms with Gasteiger partial charge in [-0.25, -0.2) is 0 Å². The number of nitrogens with one attached hydrogen (secondary N) is 1. The third-order valence-electron chi connectivity index (χ3n) is 4.32. The van der Waals surface area contributed by atoms with Crippen LogP contribution in [-0.4, -0.2) is 42.4 Å². The summed E-state index contributed by atoms with van der Waals surface area (Å²) in [5.41, 5.74) is 4.00. The van der Waals surface area contributed by atoms with Crippen LogP contribution in [0.25, 0.3) is 0 Å². The van der Waals surface area contributed by atoms with E-state index in [4.69, 9.17) is 0 Å². The normalized spacial score (nSPS) is 17.0. The first-order valence-corrected chi connectivity index (χ1v) is 7.85. The molecular weight excluding hydrogens is 278 g/mol. The molecule has 1 N–H and O–H groups in total. The fourth-order valence-electron chi connectivity index (χ4n) is 2.76. The highest BCUT2D eigenvalue weighted by atomic mass is 16.2. The maximum absolute atomic E-state index is 12.5. The van der Waals surface area contributed by atoms with Crippen LogP contribution >= 0.6 is 0 Å². The van der Waals surface area contributed by atoms with Gasteiger partial charge in [-0.05, 0) is 57.9 Å². The van der Waals surface area contributed by atoms with E-state index in [-0.39, 0.29) is 24.4 Å². The van der Waals surface area contributed by atoms with Crippen molar-refractivity contribution in [1.82, 2.24) is 4.90 Å². The number of aryl methyl sites for hydroxylation is 2. The van der Waals surface area contributed by atoms with Gasteiger partial charge in [0.05, 0.1) is 11.4 Å². The molecule has 0 saturated carbocycles. The van der Waals surface area contributed by atoms with Crippen LogP contribution in [0.15, 0.2) is 12.1 Å². The second kappa shape index (κ2) is 6.38. The van der Waals surface area contributed by atoms with Crippen molar-refractivity contribution in [1.29, 1.82) is 0 Å². The highest BCUT2D eigenvalue weighted by molar-refractivity contribution is 6.07. The number of carbonyl (C=O) groups is 2. The van der Waals surface area contributed by atoms with Gasteiger partial charge in [0.25, 0.3) is 0 Å². The number of likely N-dealkylation sites (N-methyl/N-ethyl adjacent to an activating group) is 1. The lowest BCUT2D eigenvalue weighted by Crippen LogP contribution is -2.50. The predicted octanol–water partition coefficient (Wildman–Crippen LogP) is 2.32. The minimum Gasteiger partial charge on any atom is -0.372 e. The molecule has 1 aliphatic rings. The lowest BCUT2D eigenvalue weighted by atomic mass is 10.0.